The van der Waals surface area contributed by atoms with Crippen molar-refractivity contribution >= 4 is 5.91 Å². The number of nitrogens with zero attached hydrogens (tertiary/aromatic N) is 1. The lowest BCUT2D eigenvalue weighted by Gasteiger charge is -2.11. The second kappa shape index (κ2) is 6.15. The van der Waals surface area contributed by atoms with Gasteiger partial charge in [0.15, 0.2) is 5.76 Å². The molecule has 1 amide bonds. The van der Waals surface area contributed by atoms with E-state index in [0.717, 1.165) is 11.3 Å². The highest BCUT2D eigenvalue weighted by atomic mass is 16.5. The van der Waals surface area contributed by atoms with Crippen LogP contribution in [0.25, 0.3) is 0 Å². The van der Waals surface area contributed by atoms with Crippen LogP contribution in [-0.4, -0.2) is 17.1 Å². The number of nitrogens with two attached hydrogens (primary N) is 1. The molecule has 0 spiro atoms. The smallest absolute Gasteiger partial charge is 0.237 e. The van der Waals surface area contributed by atoms with Gasteiger partial charge >= 0.3 is 0 Å². The normalized spacial score (nSPS) is 12.1. The Morgan fingerprint density at radius 1 is 1.42 bits per heavy atom. The van der Waals surface area contributed by atoms with Crippen molar-refractivity contribution in [1.82, 2.24) is 10.5 Å². The second-order valence-corrected chi connectivity index (χ2v) is 4.45. The minimum absolute atomic E-state index is 0.196. The van der Waals surface area contributed by atoms with Gasteiger partial charge in [-0.2, -0.15) is 0 Å². The first kappa shape index (κ1) is 13.3. The van der Waals surface area contributed by atoms with Crippen LogP contribution in [0.5, 0.6) is 0 Å². The van der Waals surface area contributed by atoms with Gasteiger partial charge in [0.2, 0.25) is 5.91 Å². The third-order valence-corrected chi connectivity index (χ3v) is 2.75. The van der Waals surface area contributed by atoms with Crippen molar-refractivity contribution in [1.29, 1.82) is 0 Å². The fourth-order valence-electron chi connectivity index (χ4n) is 1.77. The summed E-state index contributed by atoms with van der Waals surface area (Å²) >= 11 is 0. The molecule has 0 saturated heterocycles. The predicted octanol–water partition coefficient (Wildman–Crippen LogP) is 1.17. The Bertz CT molecular complexity index is 537. The van der Waals surface area contributed by atoms with Gasteiger partial charge in [-0.15, -0.1) is 0 Å². The summed E-state index contributed by atoms with van der Waals surface area (Å²) in [5.74, 6) is 0.427. The number of benzene rings is 1. The molecule has 0 aliphatic rings. The summed E-state index contributed by atoms with van der Waals surface area (Å²) in [6, 6.07) is 10.9. The van der Waals surface area contributed by atoms with E-state index in [9.17, 15) is 4.79 Å². The molecule has 100 valence electrons. The molecule has 3 N–H and O–H groups in total. The zero-order chi connectivity index (χ0) is 13.7. The molecule has 1 atom stereocenters. The lowest BCUT2D eigenvalue weighted by molar-refractivity contribution is -0.122. The van der Waals surface area contributed by atoms with Crippen molar-refractivity contribution in [3.63, 3.8) is 0 Å². The SMILES string of the molecule is Cc1cc(CNC(=O)C(N)Cc2ccccc2)on1. The Balaban J connectivity index is 1.82. The van der Waals surface area contributed by atoms with Gasteiger partial charge in [-0.25, -0.2) is 0 Å². The van der Waals surface area contributed by atoms with Crippen LogP contribution in [0.4, 0.5) is 0 Å². The van der Waals surface area contributed by atoms with Crippen molar-refractivity contribution in [2.24, 2.45) is 5.73 Å². The molecule has 19 heavy (non-hydrogen) atoms. The molecule has 1 heterocycles. The van der Waals surface area contributed by atoms with E-state index in [-0.39, 0.29) is 5.91 Å². The number of hydrogen-bond acceptors (Lipinski definition) is 4. The minimum atomic E-state index is -0.564. The van der Waals surface area contributed by atoms with Crippen LogP contribution in [0.3, 0.4) is 0 Å². The zero-order valence-electron chi connectivity index (χ0n) is 10.8. The standard InChI is InChI=1S/C14H17N3O2/c1-10-7-12(19-17-10)9-16-14(18)13(15)8-11-5-3-2-4-6-11/h2-7,13H,8-9,15H2,1H3,(H,16,18). The summed E-state index contributed by atoms with van der Waals surface area (Å²) in [7, 11) is 0. The van der Waals surface area contributed by atoms with E-state index in [0.29, 0.717) is 18.7 Å². The van der Waals surface area contributed by atoms with Crippen LogP contribution < -0.4 is 11.1 Å². The third kappa shape index (κ3) is 3.93. The van der Waals surface area contributed by atoms with Crippen molar-refractivity contribution in [3.05, 3.63) is 53.4 Å². The summed E-state index contributed by atoms with van der Waals surface area (Å²) in [5.41, 5.74) is 7.69. The van der Waals surface area contributed by atoms with Crippen molar-refractivity contribution in [3.8, 4) is 0 Å². The fraction of sp³-hybridized carbons (Fsp3) is 0.286. The van der Waals surface area contributed by atoms with Crippen molar-refractivity contribution in [2.75, 3.05) is 0 Å². The highest BCUT2D eigenvalue weighted by molar-refractivity contribution is 5.81. The van der Waals surface area contributed by atoms with E-state index in [2.05, 4.69) is 10.5 Å². The summed E-state index contributed by atoms with van der Waals surface area (Å²) < 4.78 is 5.01. The lowest BCUT2D eigenvalue weighted by atomic mass is 10.1. The van der Waals surface area contributed by atoms with E-state index in [4.69, 9.17) is 10.3 Å². The molecule has 1 aromatic carbocycles. The minimum Gasteiger partial charge on any atom is -0.359 e. The number of aromatic nitrogens is 1. The Morgan fingerprint density at radius 2 is 2.16 bits per heavy atom. The summed E-state index contributed by atoms with van der Waals surface area (Å²) in [5, 5.41) is 6.48. The third-order valence-electron chi connectivity index (χ3n) is 2.75. The predicted molar refractivity (Wildman–Crippen MR) is 71.2 cm³/mol. The first-order valence-corrected chi connectivity index (χ1v) is 6.14. The average Bonchev–Trinajstić information content (AvgIpc) is 2.83. The Morgan fingerprint density at radius 3 is 2.79 bits per heavy atom. The van der Waals surface area contributed by atoms with Gasteiger partial charge in [-0.1, -0.05) is 35.5 Å². The first-order chi connectivity index (χ1) is 9.15. The number of carbonyl (C=O) groups excluding carboxylic acids is 1. The second-order valence-electron chi connectivity index (χ2n) is 4.45. The number of carbonyl (C=O) groups is 1. The summed E-state index contributed by atoms with van der Waals surface area (Å²) in [4.78, 5) is 11.8. The van der Waals surface area contributed by atoms with E-state index in [1.807, 2.05) is 37.3 Å². The quantitative estimate of drug-likeness (QED) is 0.844. The number of amides is 1. The van der Waals surface area contributed by atoms with Gasteiger partial charge in [-0.3, -0.25) is 4.79 Å². The van der Waals surface area contributed by atoms with Gasteiger partial charge in [0, 0.05) is 6.07 Å². The van der Waals surface area contributed by atoms with Gasteiger partial charge in [-0.05, 0) is 18.9 Å². The monoisotopic (exact) mass is 259 g/mol. The number of hydrogen-bond donors (Lipinski definition) is 2. The topological polar surface area (TPSA) is 81.2 Å². The summed E-state index contributed by atoms with van der Waals surface area (Å²) in [6.45, 7) is 2.14. The molecule has 1 aromatic heterocycles. The van der Waals surface area contributed by atoms with Crippen LogP contribution in [0, 0.1) is 6.92 Å². The number of aryl methyl sites for hydroxylation is 1. The molecule has 0 fully saturated rings. The van der Waals surface area contributed by atoms with Crippen LogP contribution in [-0.2, 0) is 17.8 Å². The molecule has 0 saturated carbocycles. The molecule has 5 nitrogen and oxygen atoms in total. The molecule has 2 aromatic rings. The largest absolute Gasteiger partial charge is 0.359 e. The molecule has 0 aliphatic heterocycles. The maximum Gasteiger partial charge on any atom is 0.237 e. The zero-order valence-corrected chi connectivity index (χ0v) is 10.8. The molecular formula is C14H17N3O2. The number of nitrogens with one attached hydrogen (secondary N) is 1. The van der Waals surface area contributed by atoms with E-state index < -0.39 is 6.04 Å². The number of rotatable bonds is 5. The average molecular weight is 259 g/mol. The molecule has 5 heteroatoms. The van der Waals surface area contributed by atoms with Crippen LogP contribution in [0.15, 0.2) is 40.9 Å². The summed E-state index contributed by atoms with van der Waals surface area (Å²) in [6.07, 6.45) is 0.516. The van der Waals surface area contributed by atoms with Gasteiger partial charge in [0.1, 0.15) is 0 Å². The molecular weight excluding hydrogens is 242 g/mol. The maximum absolute atomic E-state index is 11.8. The highest BCUT2D eigenvalue weighted by Gasteiger charge is 2.14. The first-order valence-electron chi connectivity index (χ1n) is 6.14. The van der Waals surface area contributed by atoms with E-state index in [1.54, 1.807) is 6.07 Å². The van der Waals surface area contributed by atoms with E-state index in [1.165, 1.54) is 0 Å². The van der Waals surface area contributed by atoms with Gasteiger partial charge < -0.3 is 15.6 Å². The Hall–Kier alpha value is -2.14. The highest BCUT2D eigenvalue weighted by Crippen LogP contribution is 2.03. The molecule has 1 unspecified atom stereocenters. The van der Waals surface area contributed by atoms with Crippen molar-refractivity contribution < 1.29 is 9.32 Å². The Kier molecular flexibility index (Phi) is 4.30. The lowest BCUT2D eigenvalue weighted by Crippen LogP contribution is -2.41. The van der Waals surface area contributed by atoms with E-state index >= 15 is 0 Å². The van der Waals surface area contributed by atoms with Crippen molar-refractivity contribution in [2.45, 2.75) is 25.9 Å². The van der Waals surface area contributed by atoms with Gasteiger partial charge in [0.25, 0.3) is 0 Å². The molecule has 0 aliphatic carbocycles. The van der Waals surface area contributed by atoms with Crippen LogP contribution in [0.1, 0.15) is 17.0 Å². The maximum atomic E-state index is 11.8. The molecule has 0 bridgehead atoms. The van der Waals surface area contributed by atoms with Gasteiger partial charge in [0.05, 0.1) is 18.3 Å². The Labute approximate surface area is 111 Å². The molecule has 0 radical (unpaired) electrons. The fourth-order valence-corrected chi connectivity index (χ4v) is 1.77. The van der Waals surface area contributed by atoms with Crippen LogP contribution in [0.2, 0.25) is 0 Å². The molecule has 2 rings (SSSR count). The van der Waals surface area contributed by atoms with Crippen LogP contribution >= 0.6 is 0 Å².